The summed E-state index contributed by atoms with van der Waals surface area (Å²) in [5, 5.41) is 12.1. The summed E-state index contributed by atoms with van der Waals surface area (Å²) in [6.07, 6.45) is 0.688. The van der Waals surface area contributed by atoms with Gasteiger partial charge in [-0.05, 0) is 49.6 Å². The molecular formula is C24H21FN6O2S. The third-order valence-electron chi connectivity index (χ3n) is 5.87. The number of hydrogen-bond acceptors (Lipinski definition) is 6. The Morgan fingerprint density at radius 1 is 1.24 bits per heavy atom. The van der Waals surface area contributed by atoms with Gasteiger partial charge < -0.3 is 16.4 Å². The zero-order valence-electron chi connectivity index (χ0n) is 18.5. The minimum absolute atomic E-state index is 0.100. The van der Waals surface area contributed by atoms with E-state index in [-0.39, 0.29) is 27.9 Å². The maximum absolute atomic E-state index is 15.5. The molecule has 4 aromatic rings. The number of halogens is 1. The molecule has 1 aliphatic rings. The van der Waals surface area contributed by atoms with Crippen molar-refractivity contribution in [2.45, 2.75) is 26.8 Å². The summed E-state index contributed by atoms with van der Waals surface area (Å²) in [4.78, 5) is 29.1. The lowest BCUT2D eigenvalue weighted by atomic mass is 9.99. The minimum atomic E-state index is -0.721. The Morgan fingerprint density at radius 2 is 2.06 bits per heavy atom. The highest BCUT2D eigenvalue weighted by Gasteiger charge is 2.28. The van der Waals surface area contributed by atoms with Crippen molar-refractivity contribution in [3.8, 4) is 11.3 Å². The van der Waals surface area contributed by atoms with Crippen LogP contribution in [0.2, 0.25) is 0 Å². The summed E-state index contributed by atoms with van der Waals surface area (Å²) in [6.45, 7) is 4.02. The Morgan fingerprint density at radius 3 is 2.79 bits per heavy atom. The summed E-state index contributed by atoms with van der Waals surface area (Å²) in [5.74, 6) is -1.01. The third-order valence-corrected chi connectivity index (χ3v) is 6.45. The molecule has 8 nitrogen and oxygen atoms in total. The number of nitrogens with zero attached hydrogens (tertiary/aromatic N) is 3. The van der Waals surface area contributed by atoms with E-state index in [4.69, 9.17) is 5.73 Å². The van der Waals surface area contributed by atoms with Gasteiger partial charge in [0.25, 0.3) is 11.8 Å². The van der Waals surface area contributed by atoms with Gasteiger partial charge in [0.15, 0.2) is 0 Å². The lowest BCUT2D eigenvalue weighted by molar-refractivity contribution is 0.0998. The van der Waals surface area contributed by atoms with Crippen LogP contribution in [0.25, 0.3) is 11.3 Å². The Kier molecular flexibility index (Phi) is 5.37. The molecule has 172 valence electrons. The number of hydrogen-bond donors (Lipinski definition) is 3. The summed E-state index contributed by atoms with van der Waals surface area (Å²) in [6, 6.07) is 8.96. The lowest BCUT2D eigenvalue weighted by Gasteiger charge is -2.11. The first-order valence-electron chi connectivity index (χ1n) is 10.6. The molecule has 0 atom stereocenters. The number of nitrogens with two attached hydrogens (primary N) is 1. The van der Waals surface area contributed by atoms with Crippen molar-refractivity contribution in [2.75, 3.05) is 10.6 Å². The van der Waals surface area contributed by atoms with Crippen molar-refractivity contribution in [3.63, 3.8) is 0 Å². The molecule has 0 saturated heterocycles. The molecule has 1 aliphatic heterocycles. The number of aryl methyl sites for hydroxylation is 3. The topological polar surface area (TPSA) is 115 Å². The Balaban J connectivity index is 1.57. The van der Waals surface area contributed by atoms with Gasteiger partial charge in [0, 0.05) is 28.7 Å². The number of fused-ring (bicyclic) bond motifs is 2. The number of thiazole rings is 1. The Bertz CT molecular complexity index is 1440. The standard InChI is InChI=1S/C24H21FN6O2S/c1-12-3-6-17-14(9-12)7-8-31-23(28-17)19(22(26)32)21(30-31)16-5-4-15(13(2)20(16)25)24(33)29-18-10-34-11-27-18/h3-6,9-11,28H,7-8H2,1-2H3,(H2,26,32)(H,29,33). The number of aromatic nitrogens is 3. The van der Waals surface area contributed by atoms with Crippen LogP contribution in [-0.4, -0.2) is 26.6 Å². The summed E-state index contributed by atoms with van der Waals surface area (Å²) in [5.41, 5.74) is 11.0. The zero-order chi connectivity index (χ0) is 24.0. The number of anilines is 3. The zero-order valence-corrected chi connectivity index (χ0v) is 19.3. The summed E-state index contributed by atoms with van der Waals surface area (Å²) < 4.78 is 17.2. The van der Waals surface area contributed by atoms with E-state index in [1.807, 2.05) is 19.1 Å². The van der Waals surface area contributed by atoms with E-state index in [1.54, 1.807) is 15.6 Å². The van der Waals surface area contributed by atoms with Gasteiger partial charge >= 0.3 is 0 Å². The van der Waals surface area contributed by atoms with E-state index in [9.17, 15) is 9.59 Å². The first-order valence-corrected chi connectivity index (χ1v) is 11.5. The normalized spacial score (nSPS) is 12.3. The fraction of sp³-hybridized carbons (Fsp3) is 0.167. The van der Waals surface area contributed by atoms with E-state index in [1.165, 1.54) is 30.4 Å². The molecule has 0 unspecified atom stereocenters. The number of nitrogens with one attached hydrogen (secondary N) is 2. The SMILES string of the molecule is Cc1ccc2c(c1)CCn1nc(-c3ccc(C(=O)Nc4cscn4)c(C)c3F)c(C(N)=O)c1N2. The molecule has 5 rings (SSSR count). The van der Waals surface area contributed by atoms with Crippen molar-refractivity contribution < 1.29 is 14.0 Å². The van der Waals surface area contributed by atoms with Gasteiger partial charge in [-0.1, -0.05) is 17.7 Å². The second kappa shape index (κ2) is 8.38. The molecule has 0 aliphatic carbocycles. The number of benzene rings is 2. The van der Waals surface area contributed by atoms with Crippen LogP contribution in [0.3, 0.4) is 0 Å². The van der Waals surface area contributed by atoms with Crippen LogP contribution in [0.15, 0.2) is 41.2 Å². The third kappa shape index (κ3) is 3.71. The van der Waals surface area contributed by atoms with Crippen molar-refractivity contribution >= 4 is 40.5 Å². The molecule has 10 heteroatoms. The minimum Gasteiger partial charge on any atom is -0.365 e. The van der Waals surface area contributed by atoms with Crippen LogP contribution in [0.1, 0.15) is 37.4 Å². The van der Waals surface area contributed by atoms with Crippen molar-refractivity contribution in [2.24, 2.45) is 5.73 Å². The smallest absolute Gasteiger partial charge is 0.257 e. The van der Waals surface area contributed by atoms with Gasteiger partial charge in [0.1, 0.15) is 28.7 Å². The molecule has 0 radical (unpaired) electrons. The predicted molar refractivity (Wildman–Crippen MR) is 129 cm³/mol. The van der Waals surface area contributed by atoms with Crippen molar-refractivity contribution in [1.82, 2.24) is 14.8 Å². The Labute approximate surface area is 198 Å². The molecule has 2 aromatic heterocycles. The van der Waals surface area contributed by atoms with Crippen molar-refractivity contribution in [1.29, 1.82) is 0 Å². The maximum Gasteiger partial charge on any atom is 0.257 e. The molecule has 4 N–H and O–H groups in total. The second-order valence-corrected chi connectivity index (χ2v) is 8.84. The number of primary amides is 1. The molecule has 0 spiro atoms. The van der Waals surface area contributed by atoms with E-state index < -0.39 is 17.6 Å². The van der Waals surface area contributed by atoms with Gasteiger partial charge in [-0.15, -0.1) is 11.3 Å². The number of rotatable bonds is 4. The van der Waals surface area contributed by atoms with Crippen LogP contribution >= 0.6 is 11.3 Å². The first kappa shape index (κ1) is 21.8. The van der Waals surface area contributed by atoms with E-state index in [0.29, 0.717) is 24.6 Å². The molecule has 3 heterocycles. The molecule has 0 saturated carbocycles. The van der Waals surface area contributed by atoms with Crippen molar-refractivity contribution in [3.05, 3.63) is 74.9 Å². The lowest BCUT2D eigenvalue weighted by Crippen LogP contribution is -2.16. The average Bonchev–Trinajstić information content (AvgIpc) is 3.39. The van der Waals surface area contributed by atoms with Crippen LogP contribution in [0.5, 0.6) is 0 Å². The molecule has 2 amide bonds. The number of carbonyl (C=O) groups excluding carboxylic acids is 2. The fourth-order valence-corrected chi connectivity index (χ4v) is 4.63. The van der Waals surface area contributed by atoms with Crippen LogP contribution in [0, 0.1) is 19.7 Å². The number of amides is 2. The fourth-order valence-electron chi connectivity index (χ4n) is 4.15. The van der Waals surface area contributed by atoms with E-state index >= 15 is 4.39 Å². The van der Waals surface area contributed by atoms with E-state index in [0.717, 1.165) is 16.8 Å². The van der Waals surface area contributed by atoms with Gasteiger partial charge in [-0.2, -0.15) is 5.10 Å². The molecule has 2 aromatic carbocycles. The highest BCUT2D eigenvalue weighted by atomic mass is 32.1. The second-order valence-electron chi connectivity index (χ2n) is 8.12. The number of carbonyl (C=O) groups is 2. The van der Waals surface area contributed by atoms with Gasteiger partial charge in [-0.3, -0.25) is 9.59 Å². The largest absolute Gasteiger partial charge is 0.365 e. The molecular weight excluding hydrogens is 455 g/mol. The van der Waals surface area contributed by atoms with Crippen LogP contribution in [-0.2, 0) is 13.0 Å². The van der Waals surface area contributed by atoms with Crippen LogP contribution < -0.4 is 16.4 Å². The highest BCUT2D eigenvalue weighted by Crippen LogP contribution is 2.36. The molecule has 0 bridgehead atoms. The maximum atomic E-state index is 15.5. The monoisotopic (exact) mass is 476 g/mol. The predicted octanol–water partition coefficient (Wildman–Crippen LogP) is 4.41. The first-order chi connectivity index (χ1) is 16.3. The quantitative estimate of drug-likeness (QED) is 0.404. The summed E-state index contributed by atoms with van der Waals surface area (Å²) in [7, 11) is 0. The Hall–Kier alpha value is -4.05. The van der Waals surface area contributed by atoms with Gasteiger partial charge in [-0.25, -0.2) is 14.1 Å². The molecule has 34 heavy (non-hydrogen) atoms. The van der Waals surface area contributed by atoms with Gasteiger partial charge in [0.2, 0.25) is 0 Å². The highest BCUT2D eigenvalue weighted by molar-refractivity contribution is 7.07. The summed E-state index contributed by atoms with van der Waals surface area (Å²) >= 11 is 1.34. The van der Waals surface area contributed by atoms with Gasteiger partial charge in [0.05, 0.1) is 5.51 Å². The van der Waals surface area contributed by atoms with Crippen LogP contribution in [0.4, 0.5) is 21.7 Å². The van der Waals surface area contributed by atoms with E-state index in [2.05, 4.69) is 26.8 Å². The molecule has 0 fully saturated rings. The average molecular weight is 477 g/mol.